The van der Waals surface area contributed by atoms with E-state index in [1.54, 1.807) is 12.6 Å². The molecule has 0 aromatic heterocycles. The second-order valence-corrected chi connectivity index (χ2v) is 8.52. The van der Waals surface area contributed by atoms with Gasteiger partial charge in [-0.1, -0.05) is 30.3 Å². The highest BCUT2D eigenvalue weighted by atomic mass is 16.5. The lowest BCUT2D eigenvalue weighted by molar-refractivity contribution is -0.136. The van der Waals surface area contributed by atoms with Crippen molar-refractivity contribution in [2.24, 2.45) is 17.3 Å². The molecule has 3 unspecified atom stereocenters. The van der Waals surface area contributed by atoms with Crippen molar-refractivity contribution in [1.29, 1.82) is 0 Å². The largest absolute Gasteiger partial charge is 0.380 e. The molecule has 3 aliphatic rings. The third-order valence-electron chi connectivity index (χ3n) is 6.68. The summed E-state index contributed by atoms with van der Waals surface area (Å²) in [5.41, 5.74) is 5.23. The predicted octanol–water partition coefficient (Wildman–Crippen LogP) is 1.44. The first-order chi connectivity index (χ1) is 14.1. The molecule has 1 aromatic carbocycles. The van der Waals surface area contributed by atoms with Gasteiger partial charge in [0.15, 0.2) is 0 Å². The maximum Gasteiger partial charge on any atom is 0.247 e. The van der Waals surface area contributed by atoms with E-state index in [1.165, 1.54) is 11.1 Å². The molecule has 2 heterocycles. The van der Waals surface area contributed by atoms with Gasteiger partial charge < -0.3 is 15.0 Å². The summed E-state index contributed by atoms with van der Waals surface area (Å²) in [6.45, 7) is 3.11. The number of rotatable bonds is 5. The molecule has 7 heteroatoms. The second-order valence-electron chi connectivity index (χ2n) is 8.52. The summed E-state index contributed by atoms with van der Waals surface area (Å²) in [4.78, 5) is 27.0. The summed E-state index contributed by atoms with van der Waals surface area (Å²) in [5.74, 6) is -0.532. The lowest BCUT2D eigenvalue weighted by atomic mass is 9.85. The predicted molar refractivity (Wildman–Crippen MR) is 108 cm³/mol. The van der Waals surface area contributed by atoms with Crippen molar-refractivity contribution in [1.82, 2.24) is 15.7 Å². The number of piperidine rings is 1. The van der Waals surface area contributed by atoms with Crippen LogP contribution in [0.4, 0.5) is 0 Å². The number of amides is 2. The molecule has 3 atom stereocenters. The molecule has 1 aliphatic carbocycles. The molecule has 3 N–H and O–H groups in total. The number of carbonyl (C=O) groups excluding carboxylic acids is 2. The fourth-order valence-electron chi connectivity index (χ4n) is 5.06. The Bertz CT molecular complexity index is 810. The minimum Gasteiger partial charge on any atom is -0.380 e. The van der Waals surface area contributed by atoms with Crippen LogP contribution in [-0.4, -0.2) is 61.8 Å². The van der Waals surface area contributed by atoms with Gasteiger partial charge in [0, 0.05) is 39.2 Å². The normalized spacial score (nSPS) is 29.1. The van der Waals surface area contributed by atoms with Gasteiger partial charge in [-0.25, -0.2) is 5.48 Å². The van der Waals surface area contributed by atoms with Crippen molar-refractivity contribution in [3.63, 3.8) is 0 Å². The zero-order chi connectivity index (χ0) is 20.4. The second kappa shape index (κ2) is 8.26. The Balaban J connectivity index is 1.46. The van der Waals surface area contributed by atoms with Gasteiger partial charge in [0.2, 0.25) is 11.8 Å². The summed E-state index contributed by atoms with van der Waals surface area (Å²) in [7, 11) is 1.69. The van der Waals surface area contributed by atoms with Crippen LogP contribution < -0.4 is 10.8 Å². The lowest BCUT2D eigenvalue weighted by Gasteiger charge is -2.33. The first-order valence-corrected chi connectivity index (χ1v) is 10.3. The van der Waals surface area contributed by atoms with E-state index in [4.69, 9.17) is 9.94 Å². The van der Waals surface area contributed by atoms with Crippen LogP contribution in [-0.2, 0) is 14.3 Å². The van der Waals surface area contributed by atoms with Crippen molar-refractivity contribution in [3.8, 4) is 0 Å². The van der Waals surface area contributed by atoms with Gasteiger partial charge in [-0.15, -0.1) is 0 Å². The van der Waals surface area contributed by atoms with Crippen LogP contribution >= 0.6 is 0 Å². The zero-order valence-electron chi connectivity index (χ0n) is 16.8. The van der Waals surface area contributed by atoms with Crippen molar-refractivity contribution in [3.05, 3.63) is 41.5 Å². The first kappa shape index (κ1) is 20.1. The smallest absolute Gasteiger partial charge is 0.247 e. The summed E-state index contributed by atoms with van der Waals surface area (Å²) in [6.07, 6.45) is 2.27. The number of hydroxylamine groups is 1. The molecule has 29 heavy (non-hydrogen) atoms. The van der Waals surface area contributed by atoms with Gasteiger partial charge >= 0.3 is 0 Å². The maximum atomic E-state index is 13.3. The summed E-state index contributed by atoms with van der Waals surface area (Å²) < 4.78 is 5.43. The number of hydrogen-bond acceptors (Lipinski definition) is 5. The number of hydrogen-bond donors (Lipinski definition) is 3. The molecule has 156 valence electrons. The SMILES string of the molecule is COCC1=C(c2ccccc2)CCN(C(=O)C2CC23CNCC(C(=O)NO)C3)C1. The molecule has 0 bridgehead atoms. The Morgan fingerprint density at radius 2 is 2.10 bits per heavy atom. The Morgan fingerprint density at radius 3 is 2.83 bits per heavy atom. The van der Waals surface area contributed by atoms with E-state index < -0.39 is 0 Å². The third kappa shape index (κ3) is 3.95. The molecule has 0 radical (unpaired) electrons. The van der Waals surface area contributed by atoms with Crippen molar-refractivity contribution in [2.75, 3.05) is 39.9 Å². The number of ether oxygens (including phenoxy) is 1. The monoisotopic (exact) mass is 399 g/mol. The minimum absolute atomic E-state index is 0.0497. The number of benzene rings is 1. The fraction of sp³-hybridized carbons (Fsp3) is 0.545. The molecule has 1 saturated carbocycles. The average Bonchev–Trinajstić information content (AvgIpc) is 3.45. The van der Waals surface area contributed by atoms with E-state index in [0.29, 0.717) is 32.7 Å². The van der Waals surface area contributed by atoms with Gasteiger partial charge in [0.1, 0.15) is 0 Å². The van der Waals surface area contributed by atoms with E-state index >= 15 is 0 Å². The highest BCUT2D eigenvalue weighted by molar-refractivity contribution is 5.85. The summed E-state index contributed by atoms with van der Waals surface area (Å²) in [6, 6.07) is 10.3. The van der Waals surface area contributed by atoms with E-state index in [0.717, 1.165) is 25.0 Å². The first-order valence-electron chi connectivity index (χ1n) is 10.3. The molecule has 1 spiro atoms. The summed E-state index contributed by atoms with van der Waals surface area (Å²) >= 11 is 0. The lowest BCUT2D eigenvalue weighted by Crippen LogP contribution is -2.46. The van der Waals surface area contributed by atoms with Gasteiger partial charge in [0.05, 0.1) is 12.5 Å². The van der Waals surface area contributed by atoms with E-state index in [1.807, 2.05) is 23.1 Å². The Labute approximate surface area is 171 Å². The number of methoxy groups -OCH3 is 1. The molecule has 1 saturated heterocycles. The Morgan fingerprint density at radius 1 is 1.31 bits per heavy atom. The van der Waals surface area contributed by atoms with Crippen LogP contribution in [0.1, 0.15) is 24.8 Å². The third-order valence-corrected chi connectivity index (χ3v) is 6.68. The topological polar surface area (TPSA) is 90.9 Å². The van der Waals surface area contributed by atoms with Crippen LogP contribution in [0.2, 0.25) is 0 Å². The van der Waals surface area contributed by atoms with Gasteiger partial charge in [-0.2, -0.15) is 0 Å². The fourth-order valence-corrected chi connectivity index (χ4v) is 5.06. The molecule has 2 fully saturated rings. The minimum atomic E-state index is -0.370. The average molecular weight is 399 g/mol. The van der Waals surface area contributed by atoms with Crippen molar-refractivity contribution >= 4 is 17.4 Å². The van der Waals surface area contributed by atoms with E-state index in [2.05, 4.69) is 17.4 Å². The standard InChI is InChI=1S/C22H29N3O4/c1-29-13-17-12-25(8-7-18(17)15-5-3-2-4-6-15)21(27)19-10-22(19)9-16(11-23-14-22)20(26)24-28/h2-6,16,19,23,28H,7-14H2,1H3,(H,24,26). The highest BCUT2D eigenvalue weighted by Gasteiger charge is 2.61. The number of carbonyl (C=O) groups is 2. The zero-order valence-corrected chi connectivity index (χ0v) is 16.8. The number of nitrogens with zero attached hydrogens (tertiary/aromatic N) is 1. The van der Waals surface area contributed by atoms with Gasteiger partial charge in [-0.05, 0) is 41.4 Å². The molecule has 2 amide bonds. The Hall–Kier alpha value is -2.22. The maximum absolute atomic E-state index is 13.3. The molecular weight excluding hydrogens is 370 g/mol. The molecule has 7 nitrogen and oxygen atoms in total. The molecule has 2 aliphatic heterocycles. The highest BCUT2D eigenvalue weighted by Crippen LogP contribution is 2.58. The quantitative estimate of drug-likeness (QED) is 0.515. The van der Waals surface area contributed by atoms with Crippen LogP contribution in [0, 0.1) is 17.3 Å². The van der Waals surface area contributed by atoms with Gasteiger partial charge in [0.25, 0.3) is 0 Å². The molecular formula is C22H29N3O4. The summed E-state index contributed by atoms with van der Waals surface area (Å²) in [5, 5.41) is 12.2. The van der Waals surface area contributed by atoms with Crippen LogP contribution in [0.3, 0.4) is 0 Å². The van der Waals surface area contributed by atoms with Crippen LogP contribution in [0.25, 0.3) is 5.57 Å². The van der Waals surface area contributed by atoms with E-state index in [9.17, 15) is 9.59 Å². The van der Waals surface area contributed by atoms with Crippen molar-refractivity contribution in [2.45, 2.75) is 19.3 Å². The molecule has 4 rings (SSSR count). The Kier molecular flexibility index (Phi) is 5.72. The van der Waals surface area contributed by atoms with Crippen LogP contribution in [0.5, 0.6) is 0 Å². The van der Waals surface area contributed by atoms with Gasteiger partial charge in [-0.3, -0.25) is 14.8 Å². The molecule has 1 aromatic rings. The van der Waals surface area contributed by atoms with E-state index in [-0.39, 0.29) is 29.1 Å². The number of nitrogens with one attached hydrogen (secondary N) is 2. The van der Waals surface area contributed by atoms with Crippen molar-refractivity contribution < 1.29 is 19.5 Å². The van der Waals surface area contributed by atoms with Crippen LogP contribution in [0.15, 0.2) is 35.9 Å².